The van der Waals surface area contributed by atoms with Crippen molar-refractivity contribution >= 4 is 28.6 Å². The summed E-state index contributed by atoms with van der Waals surface area (Å²) in [6, 6.07) is 11.2. The Bertz CT molecular complexity index is 901. The summed E-state index contributed by atoms with van der Waals surface area (Å²) in [4.78, 5) is 22.9. The molecule has 0 aliphatic heterocycles. The van der Waals surface area contributed by atoms with Crippen LogP contribution in [0.3, 0.4) is 0 Å². The van der Waals surface area contributed by atoms with Gasteiger partial charge in [0.05, 0.1) is 6.10 Å². The minimum atomic E-state index is -0.769. The molecule has 1 fully saturated rings. The van der Waals surface area contributed by atoms with Crippen molar-refractivity contribution in [2.24, 2.45) is 11.8 Å². The van der Waals surface area contributed by atoms with Gasteiger partial charge in [0.15, 0.2) is 0 Å². The summed E-state index contributed by atoms with van der Waals surface area (Å²) < 4.78 is 0. The molecule has 154 valence electrons. The van der Waals surface area contributed by atoms with Gasteiger partial charge in [0, 0.05) is 24.7 Å². The SMILES string of the molecule is O=C(O)CCCCCCC1C(=O)CC(O)C1/C=C/c1ccc2cc(O)ccc2c1. The number of unbranched alkanes of at least 4 members (excludes halogenated alkanes) is 3. The van der Waals surface area contributed by atoms with Crippen molar-refractivity contribution in [2.45, 2.75) is 51.0 Å². The van der Waals surface area contributed by atoms with Gasteiger partial charge >= 0.3 is 5.97 Å². The molecular formula is C24H28O5. The summed E-state index contributed by atoms with van der Waals surface area (Å²) in [6.07, 6.45) is 7.68. The summed E-state index contributed by atoms with van der Waals surface area (Å²) in [6.45, 7) is 0. The van der Waals surface area contributed by atoms with Crippen LogP contribution in [0.15, 0.2) is 42.5 Å². The van der Waals surface area contributed by atoms with Gasteiger partial charge in [-0.25, -0.2) is 0 Å². The number of ketones is 1. The summed E-state index contributed by atoms with van der Waals surface area (Å²) in [7, 11) is 0. The van der Waals surface area contributed by atoms with Crippen molar-refractivity contribution in [3.8, 4) is 5.75 Å². The molecule has 2 aromatic rings. The fourth-order valence-corrected chi connectivity index (χ4v) is 4.16. The number of phenolic OH excluding ortho intramolecular Hbond substituents is 1. The first kappa shape index (κ1) is 21.1. The Morgan fingerprint density at radius 1 is 1.03 bits per heavy atom. The van der Waals surface area contributed by atoms with Gasteiger partial charge in [-0.3, -0.25) is 9.59 Å². The van der Waals surface area contributed by atoms with E-state index in [2.05, 4.69) is 0 Å². The molecule has 1 aliphatic carbocycles. The Morgan fingerprint density at radius 3 is 2.55 bits per heavy atom. The molecule has 0 amide bonds. The molecule has 2 aromatic carbocycles. The second-order valence-electron chi connectivity index (χ2n) is 7.92. The molecule has 1 aliphatic rings. The zero-order valence-electron chi connectivity index (χ0n) is 16.5. The molecule has 3 atom stereocenters. The number of aliphatic carboxylic acids is 1. The zero-order chi connectivity index (χ0) is 20.8. The monoisotopic (exact) mass is 396 g/mol. The molecule has 29 heavy (non-hydrogen) atoms. The quantitative estimate of drug-likeness (QED) is 0.541. The number of aliphatic hydroxyl groups excluding tert-OH is 1. The third-order valence-electron chi connectivity index (χ3n) is 5.75. The van der Waals surface area contributed by atoms with E-state index >= 15 is 0 Å². The lowest BCUT2D eigenvalue weighted by atomic mass is 9.88. The highest BCUT2D eigenvalue weighted by Gasteiger charge is 2.39. The Balaban J connectivity index is 1.60. The van der Waals surface area contributed by atoms with Gasteiger partial charge in [-0.15, -0.1) is 0 Å². The average molecular weight is 396 g/mol. The number of fused-ring (bicyclic) bond motifs is 1. The van der Waals surface area contributed by atoms with Gasteiger partial charge in [0.1, 0.15) is 11.5 Å². The molecule has 5 heteroatoms. The first-order valence-corrected chi connectivity index (χ1v) is 10.3. The second kappa shape index (κ2) is 9.70. The maximum atomic E-state index is 12.3. The van der Waals surface area contributed by atoms with Crippen LogP contribution >= 0.6 is 0 Å². The highest BCUT2D eigenvalue weighted by Crippen LogP contribution is 2.35. The zero-order valence-corrected chi connectivity index (χ0v) is 16.5. The number of phenols is 1. The highest BCUT2D eigenvalue weighted by atomic mass is 16.4. The predicted molar refractivity (Wildman–Crippen MR) is 113 cm³/mol. The minimum absolute atomic E-state index is 0.117. The number of hydrogen-bond donors (Lipinski definition) is 3. The number of Topliss-reactive ketones (excluding diaryl/α,β-unsaturated/α-hetero) is 1. The third-order valence-corrected chi connectivity index (χ3v) is 5.75. The van der Waals surface area contributed by atoms with Gasteiger partial charge < -0.3 is 15.3 Å². The number of benzene rings is 2. The average Bonchev–Trinajstić information content (AvgIpc) is 2.95. The molecule has 0 heterocycles. The van der Waals surface area contributed by atoms with E-state index in [1.165, 1.54) is 0 Å². The fraction of sp³-hybridized carbons (Fsp3) is 0.417. The number of aromatic hydroxyl groups is 1. The van der Waals surface area contributed by atoms with E-state index in [0.717, 1.165) is 42.0 Å². The Labute approximate surface area is 170 Å². The molecule has 0 saturated heterocycles. The summed E-state index contributed by atoms with van der Waals surface area (Å²) in [5, 5.41) is 30.6. The first-order chi connectivity index (χ1) is 13.9. The lowest BCUT2D eigenvalue weighted by Gasteiger charge is -2.17. The third kappa shape index (κ3) is 5.67. The van der Waals surface area contributed by atoms with Crippen molar-refractivity contribution < 1.29 is 24.9 Å². The molecular weight excluding hydrogens is 368 g/mol. The molecule has 3 rings (SSSR count). The van der Waals surface area contributed by atoms with Gasteiger partial charge in [0.2, 0.25) is 0 Å². The maximum absolute atomic E-state index is 12.3. The van der Waals surface area contributed by atoms with Crippen LogP contribution in [-0.4, -0.2) is 33.2 Å². The molecule has 0 bridgehead atoms. The van der Waals surface area contributed by atoms with Gasteiger partial charge in [-0.05, 0) is 47.4 Å². The van der Waals surface area contributed by atoms with Crippen molar-refractivity contribution in [3.63, 3.8) is 0 Å². The van der Waals surface area contributed by atoms with Gasteiger partial charge in [0.25, 0.3) is 0 Å². The number of hydrogen-bond acceptors (Lipinski definition) is 4. The van der Waals surface area contributed by atoms with Crippen LogP contribution in [0.5, 0.6) is 5.75 Å². The second-order valence-corrected chi connectivity index (χ2v) is 7.92. The minimum Gasteiger partial charge on any atom is -0.508 e. The molecule has 5 nitrogen and oxygen atoms in total. The van der Waals surface area contributed by atoms with Crippen LogP contribution < -0.4 is 0 Å². The van der Waals surface area contributed by atoms with E-state index < -0.39 is 12.1 Å². The number of rotatable bonds is 9. The summed E-state index contributed by atoms with van der Waals surface area (Å²) in [5.41, 5.74) is 0.988. The topological polar surface area (TPSA) is 94.8 Å². The van der Waals surface area contributed by atoms with Crippen LogP contribution in [0, 0.1) is 11.8 Å². The summed E-state index contributed by atoms with van der Waals surface area (Å²) in [5.74, 6) is -0.768. The number of aliphatic hydroxyl groups is 1. The molecule has 3 N–H and O–H groups in total. The lowest BCUT2D eigenvalue weighted by Crippen LogP contribution is -2.18. The van der Waals surface area contributed by atoms with Crippen LogP contribution in [0.4, 0.5) is 0 Å². The first-order valence-electron chi connectivity index (χ1n) is 10.3. The standard InChI is InChI=1S/C24H28O5/c25-19-11-10-17-13-16(7-9-18(17)14-19)8-12-21-20(22(26)15-23(21)27)5-3-1-2-4-6-24(28)29/h7-14,20-21,23,25,27H,1-6,15H2,(H,28,29)/b12-8+. The maximum Gasteiger partial charge on any atom is 0.303 e. The summed E-state index contributed by atoms with van der Waals surface area (Å²) >= 11 is 0. The van der Waals surface area contributed by atoms with Crippen LogP contribution in [0.25, 0.3) is 16.8 Å². The van der Waals surface area contributed by atoms with Gasteiger partial charge in [-0.2, -0.15) is 0 Å². The number of carbonyl (C=O) groups is 2. The largest absolute Gasteiger partial charge is 0.508 e. The van der Waals surface area contributed by atoms with Crippen molar-refractivity contribution in [2.75, 3.05) is 0 Å². The van der Waals surface area contributed by atoms with E-state index in [0.29, 0.717) is 6.42 Å². The number of carboxylic acids is 1. The predicted octanol–water partition coefficient (Wildman–Crippen LogP) is 4.55. The Hall–Kier alpha value is -2.66. The van der Waals surface area contributed by atoms with E-state index in [4.69, 9.17) is 5.11 Å². The molecule has 0 aromatic heterocycles. The van der Waals surface area contributed by atoms with Crippen LogP contribution in [-0.2, 0) is 9.59 Å². The molecule has 0 radical (unpaired) electrons. The lowest BCUT2D eigenvalue weighted by molar-refractivity contribution is -0.137. The smallest absolute Gasteiger partial charge is 0.303 e. The van der Waals surface area contributed by atoms with Gasteiger partial charge in [-0.1, -0.05) is 49.6 Å². The van der Waals surface area contributed by atoms with E-state index in [9.17, 15) is 19.8 Å². The van der Waals surface area contributed by atoms with Crippen LogP contribution in [0.1, 0.15) is 50.5 Å². The Morgan fingerprint density at radius 2 is 1.76 bits per heavy atom. The van der Waals surface area contributed by atoms with Crippen molar-refractivity contribution in [1.29, 1.82) is 0 Å². The fourth-order valence-electron chi connectivity index (χ4n) is 4.16. The molecule has 0 spiro atoms. The Kier molecular flexibility index (Phi) is 7.04. The van der Waals surface area contributed by atoms with Crippen molar-refractivity contribution in [1.82, 2.24) is 0 Å². The van der Waals surface area contributed by atoms with Crippen LogP contribution in [0.2, 0.25) is 0 Å². The van der Waals surface area contributed by atoms with E-state index in [1.807, 2.05) is 36.4 Å². The normalized spacial score (nSPS) is 22.0. The molecule has 1 saturated carbocycles. The molecule has 3 unspecified atom stereocenters. The van der Waals surface area contributed by atoms with E-state index in [-0.39, 0.29) is 36.2 Å². The number of carbonyl (C=O) groups excluding carboxylic acids is 1. The van der Waals surface area contributed by atoms with Crippen molar-refractivity contribution in [3.05, 3.63) is 48.0 Å². The van der Waals surface area contributed by atoms with E-state index in [1.54, 1.807) is 12.1 Å². The number of carboxylic acid groups (broad SMARTS) is 1. The highest BCUT2D eigenvalue weighted by molar-refractivity contribution is 5.86.